The minimum Gasteiger partial charge on any atom is -0.290 e. The summed E-state index contributed by atoms with van der Waals surface area (Å²) in [4.78, 5) is 17.6. The Morgan fingerprint density at radius 2 is 1.66 bits per heavy atom. The Kier molecular flexibility index (Phi) is 6.54. The van der Waals surface area contributed by atoms with Gasteiger partial charge in [0, 0.05) is 23.5 Å². The van der Waals surface area contributed by atoms with E-state index in [4.69, 9.17) is 11.6 Å². The number of nitrogens with one attached hydrogen (secondary N) is 1. The van der Waals surface area contributed by atoms with Crippen molar-refractivity contribution in [3.8, 4) is 22.5 Å². The van der Waals surface area contributed by atoms with Crippen molar-refractivity contribution in [3.63, 3.8) is 0 Å². The van der Waals surface area contributed by atoms with Crippen molar-refractivity contribution in [3.05, 3.63) is 106 Å². The fourth-order valence-corrected chi connectivity index (χ4v) is 4.55. The molecule has 5 aromatic rings. The van der Waals surface area contributed by atoms with E-state index in [1.54, 1.807) is 21.5 Å². The van der Waals surface area contributed by atoms with Crippen LogP contribution in [0.3, 0.4) is 0 Å². The van der Waals surface area contributed by atoms with Crippen molar-refractivity contribution in [2.24, 2.45) is 0 Å². The summed E-state index contributed by atoms with van der Waals surface area (Å²) in [6.07, 6.45) is 5.12. The van der Waals surface area contributed by atoms with Crippen LogP contribution in [0.4, 0.5) is 0 Å². The quantitative estimate of drug-likeness (QED) is 0.347. The second-order valence-electron chi connectivity index (χ2n) is 8.28. The maximum absolute atomic E-state index is 13.4. The van der Waals surface area contributed by atoms with Gasteiger partial charge in [0.2, 0.25) is 5.82 Å². The van der Waals surface area contributed by atoms with Crippen LogP contribution in [0.25, 0.3) is 22.5 Å². The lowest BCUT2D eigenvalue weighted by Gasteiger charge is -2.09. The molecule has 0 saturated carbocycles. The third-order valence-corrected chi connectivity index (χ3v) is 6.37. The van der Waals surface area contributed by atoms with Crippen LogP contribution in [0, 0.1) is 0 Å². The number of H-pyrrole nitrogens is 1. The fourth-order valence-electron chi connectivity index (χ4n) is 4.22. The summed E-state index contributed by atoms with van der Waals surface area (Å²) >= 11 is 6.72. The summed E-state index contributed by atoms with van der Waals surface area (Å²) in [5.74, 6) is 0.511. The highest BCUT2D eigenvalue weighted by Crippen LogP contribution is 2.29. The van der Waals surface area contributed by atoms with Gasteiger partial charge in [-0.15, -0.1) is 10.2 Å². The zero-order valence-electron chi connectivity index (χ0n) is 19.2. The Bertz CT molecular complexity index is 1470. The van der Waals surface area contributed by atoms with E-state index in [1.807, 2.05) is 60.7 Å². The molecule has 0 radical (unpaired) electrons. The van der Waals surface area contributed by atoms with Gasteiger partial charge in [-0.1, -0.05) is 79.5 Å². The molecule has 0 atom stereocenters. The predicted octanol–water partition coefficient (Wildman–Crippen LogP) is 4.59. The lowest BCUT2D eigenvalue weighted by molar-refractivity contribution is 0.664. The molecule has 8 nitrogen and oxygen atoms in total. The molecular weight excluding hydrogens is 462 g/mol. The van der Waals surface area contributed by atoms with Crippen molar-refractivity contribution in [2.75, 3.05) is 0 Å². The summed E-state index contributed by atoms with van der Waals surface area (Å²) in [6.45, 7) is 2.98. The zero-order chi connectivity index (χ0) is 24.2. The summed E-state index contributed by atoms with van der Waals surface area (Å²) in [6, 6.07) is 19.8. The van der Waals surface area contributed by atoms with Crippen LogP contribution in [0.15, 0.2) is 77.9 Å². The molecule has 2 aromatic carbocycles. The number of halogens is 1. The minimum atomic E-state index is -0.0990. The topological polar surface area (TPSA) is 94.3 Å². The molecule has 9 heteroatoms. The molecule has 3 aromatic heterocycles. The van der Waals surface area contributed by atoms with Gasteiger partial charge in [-0.05, 0) is 34.4 Å². The van der Waals surface area contributed by atoms with Crippen molar-refractivity contribution in [1.82, 2.24) is 34.7 Å². The largest absolute Gasteiger partial charge is 0.330 e. The number of imidazole rings is 1. The minimum absolute atomic E-state index is 0.0990. The average Bonchev–Trinajstić information content (AvgIpc) is 3.51. The van der Waals surface area contributed by atoms with Crippen molar-refractivity contribution in [1.29, 1.82) is 0 Å². The number of aromatic nitrogens is 7. The van der Waals surface area contributed by atoms with Crippen LogP contribution in [0.1, 0.15) is 30.2 Å². The first-order valence-electron chi connectivity index (χ1n) is 11.4. The standard InChI is InChI=1S/C26H24ClN7O/c1-2-6-23-24(27)34(17-18-7-4-3-5-8-18)26(35)33(23)16-19-9-11-20(12-10-19)22-15-28-14-13-21(22)25-29-31-32-30-25/h3-5,7-15H,2,6,16-17H2,1H3,(H,29,30,31,32). The van der Waals surface area contributed by atoms with E-state index in [1.165, 1.54) is 0 Å². The van der Waals surface area contributed by atoms with Gasteiger partial charge in [-0.3, -0.25) is 14.1 Å². The molecular formula is C26H24ClN7O. The monoisotopic (exact) mass is 485 g/mol. The molecule has 3 heterocycles. The van der Waals surface area contributed by atoms with Crippen LogP contribution >= 0.6 is 11.6 Å². The second kappa shape index (κ2) is 10.1. The number of hydrogen-bond acceptors (Lipinski definition) is 5. The number of benzene rings is 2. The molecule has 0 saturated heterocycles. The lowest BCUT2D eigenvalue weighted by Crippen LogP contribution is -2.26. The molecule has 0 unspecified atom stereocenters. The van der Waals surface area contributed by atoms with Crippen molar-refractivity contribution >= 4 is 11.6 Å². The van der Waals surface area contributed by atoms with Gasteiger partial charge in [-0.2, -0.15) is 5.21 Å². The van der Waals surface area contributed by atoms with E-state index in [0.717, 1.165) is 46.4 Å². The number of rotatable bonds is 8. The third kappa shape index (κ3) is 4.65. The first-order chi connectivity index (χ1) is 17.2. The van der Waals surface area contributed by atoms with E-state index in [9.17, 15) is 4.79 Å². The number of nitrogens with zero attached hydrogens (tertiary/aromatic N) is 6. The molecule has 0 aliphatic carbocycles. The van der Waals surface area contributed by atoms with Crippen LogP contribution in [-0.4, -0.2) is 34.7 Å². The van der Waals surface area contributed by atoms with Crippen LogP contribution in [-0.2, 0) is 19.5 Å². The van der Waals surface area contributed by atoms with Gasteiger partial charge in [-0.25, -0.2) is 4.79 Å². The number of aromatic amines is 1. The lowest BCUT2D eigenvalue weighted by atomic mass is 10.0. The van der Waals surface area contributed by atoms with E-state index < -0.39 is 0 Å². The van der Waals surface area contributed by atoms with Crippen LogP contribution < -0.4 is 5.69 Å². The molecule has 5 rings (SSSR count). The molecule has 0 aliphatic rings. The Morgan fingerprint density at radius 1 is 0.914 bits per heavy atom. The van der Waals surface area contributed by atoms with Gasteiger partial charge in [0.15, 0.2) is 0 Å². The van der Waals surface area contributed by atoms with Crippen molar-refractivity contribution in [2.45, 2.75) is 32.9 Å². The zero-order valence-corrected chi connectivity index (χ0v) is 20.0. The third-order valence-electron chi connectivity index (χ3n) is 5.95. The molecule has 0 bridgehead atoms. The Hall–Kier alpha value is -4.04. The Balaban J connectivity index is 1.45. The maximum Gasteiger partial charge on any atom is 0.330 e. The Morgan fingerprint density at radius 3 is 2.37 bits per heavy atom. The molecule has 176 valence electrons. The van der Waals surface area contributed by atoms with Gasteiger partial charge in [0.05, 0.1) is 18.8 Å². The highest BCUT2D eigenvalue weighted by atomic mass is 35.5. The summed E-state index contributed by atoms with van der Waals surface area (Å²) in [7, 11) is 0. The Labute approximate surface area is 207 Å². The van der Waals surface area contributed by atoms with E-state index in [-0.39, 0.29) is 5.69 Å². The second-order valence-corrected chi connectivity index (χ2v) is 8.64. The normalized spacial score (nSPS) is 11.1. The van der Waals surface area contributed by atoms with Gasteiger partial charge >= 0.3 is 5.69 Å². The highest BCUT2D eigenvalue weighted by molar-refractivity contribution is 6.30. The van der Waals surface area contributed by atoms with Gasteiger partial charge < -0.3 is 0 Å². The van der Waals surface area contributed by atoms with Crippen LogP contribution in [0.2, 0.25) is 5.15 Å². The first-order valence-corrected chi connectivity index (χ1v) is 11.8. The summed E-state index contributed by atoms with van der Waals surface area (Å²) < 4.78 is 3.45. The van der Waals surface area contributed by atoms with E-state index in [0.29, 0.717) is 24.1 Å². The van der Waals surface area contributed by atoms with Crippen molar-refractivity contribution < 1.29 is 0 Å². The number of pyridine rings is 1. The maximum atomic E-state index is 13.4. The molecule has 1 N–H and O–H groups in total. The predicted molar refractivity (Wildman–Crippen MR) is 135 cm³/mol. The average molecular weight is 486 g/mol. The summed E-state index contributed by atoms with van der Waals surface area (Å²) in [5, 5.41) is 14.9. The number of hydrogen-bond donors (Lipinski definition) is 1. The molecule has 0 fully saturated rings. The van der Waals surface area contributed by atoms with Crippen LogP contribution in [0.5, 0.6) is 0 Å². The SMILES string of the molecule is CCCc1c(Cl)n(Cc2ccccc2)c(=O)n1Cc1ccc(-c2cnccc2-c2nn[nH]n2)cc1. The highest BCUT2D eigenvalue weighted by Gasteiger charge is 2.18. The molecule has 0 spiro atoms. The van der Waals surface area contributed by atoms with Gasteiger partial charge in [0.1, 0.15) is 5.15 Å². The smallest absolute Gasteiger partial charge is 0.290 e. The molecule has 0 aliphatic heterocycles. The van der Waals surface area contributed by atoms with E-state index >= 15 is 0 Å². The number of tetrazole rings is 1. The fraction of sp³-hybridized carbons (Fsp3) is 0.192. The molecule has 0 amide bonds. The molecule has 35 heavy (non-hydrogen) atoms. The van der Waals surface area contributed by atoms with Gasteiger partial charge in [0.25, 0.3) is 0 Å². The first kappa shape index (κ1) is 22.7. The summed E-state index contributed by atoms with van der Waals surface area (Å²) in [5.41, 5.74) is 5.53. The van der Waals surface area contributed by atoms with E-state index in [2.05, 4.69) is 32.5 Å².